The Kier molecular flexibility index (Phi) is 15.3. The molecule has 0 spiro atoms. The Morgan fingerprint density at radius 3 is 1.32 bits per heavy atom. The number of hydrogen-bond acceptors (Lipinski definition) is 20. The van der Waals surface area contributed by atoms with E-state index in [0.29, 0.717) is 41.0 Å². The zero-order valence-corrected chi connectivity index (χ0v) is 37.4. The van der Waals surface area contributed by atoms with Crippen molar-refractivity contribution in [2.24, 2.45) is 0 Å². The highest BCUT2D eigenvalue weighted by Crippen LogP contribution is 2.38. The van der Waals surface area contributed by atoms with Gasteiger partial charge in [0.1, 0.15) is 9.79 Å². The second kappa shape index (κ2) is 20.9. The minimum Gasteiger partial charge on any atom is -0.478 e. The molecule has 0 fully saturated rings. The van der Waals surface area contributed by atoms with Gasteiger partial charge in [0.05, 0.1) is 41.7 Å². The van der Waals surface area contributed by atoms with Crippen LogP contribution in [0.3, 0.4) is 0 Å². The lowest BCUT2D eigenvalue weighted by Gasteiger charge is -2.18. The van der Waals surface area contributed by atoms with Gasteiger partial charge in [-0.3, -0.25) is 23.5 Å². The Morgan fingerprint density at radius 1 is 0.441 bits per heavy atom. The van der Waals surface area contributed by atoms with Gasteiger partial charge in [0.2, 0.25) is 0 Å². The summed E-state index contributed by atoms with van der Waals surface area (Å²) in [6, 6.07) is 22.3. The monoisotopic (exact) mass is 1030 g/mol. The normalized spacial score (nSPS) is 11.8. The molecule has 0 unspecified atom stereocenters. The van der Waals surface area contributed by atoms with Gasteiger partial charge < -0.3 is 21.1 Å². The fraction of sp³-hybridized carbons (Fsp3) is 0. The van der Waals surface area contributed by atoms with Crippen molar-refractivity contribution in [1.29, 1.82) is 0 Å². The lowest BCUT2D eigenvalue weighted by molar-refractivity contribution is -0.432. The zero-order chi connectivity index (χ0) is 48.9. The molecule has 0 saturated heterocycles. The molecule has 0 heterocycles. The third-order valence-electron chi connectivity index (χ3n) is 9.65. The summed E-state index contributed by atoms with van der Waals surface area (Å²) < 4.78 is 82.5. The number of fused-ring (bicyclic) bond motifs is 3. The molecule has 0 atom stereocenters. The van der Waals surface area contributed by atoms with E-state index >= 15 is 0 Å². The van der Waals surface area contributed by atoms with Crippen molar-refractivity contribution in [2.75, 3.05) is 16.0 Å². The van der Waals surface area contributed by atoms with Gasteiger partial charge in [-0.05, 0) is 102 Å². The van der Waals surface area contributed by atoms with E-state index in [-0.39, 0.29) is 64.9 Å². The number of rotatable bonds is 18. The predicted molar refractivity (Wildman–Crippen MR) is 241 cm³/mol. The number of hydrogen-bond donors (Lipinski definition) is 9. The van der Waals surface area contributed by atoms with Crippen LogP contribution in [-0.2, 0) is 48.4 Å². The molecule has 0 aliphatic carbocycles. The highest BCUT2D eigenvalue weighted by atomic mass is 32.2. The van der Waals surface area contributed by atoms with Crippen LogP contribution in [0.25, 0.3) is 32.3 Å². The molecule has 0 saturated carbocycles. The van der Waals surface area contributed by atoms with E-state index in [1.807, 2.05) is 0 Å². The van der Waals surface area contributed by atoms with Crippen molar-refractivity contribution in [3.05, 3.63) is 131 Å². The van der Waals surface area contributed by atoms with Crippen LogP contribution in [0.5, 0.6) is 0 Å². The average Bonchev–Trinajstić information content (AvgIpc) is 3.30. The Morgan fingerprint density at radius 2 is 0.838 bits per heavy atom. The highest BCUT2D eigenvalue weighted by molar-refractivity contribution is 7.95. The molecule has 0 radical (unpaired) electrons. The number of benzene rings is 7. The topological polar surface area (TPSA) is 349 Å². The van der Waals surface area contributed by atoms with Gasteiger partial charge in [0.25, 0.3) is 38.0 Å². The molecule has 7 rings (SSSR count). The fourth-order valence-corrected chi connectivity index (χ4v) is 9.65. The third-order valence-corrected chi connectivity index (χ3v) is 13.4. The number of carbonyl (C=O) groups is 4. The van der Waals surface area contributed by atoms with Crippen molar-refractivity contribution >= 4 is 129 Å². The fourth-order valence-electron chi connectivity index (χ4n) is 6.93. The molecule has 23 nitrogen and oxygen atoms in total. The van der Waals surface area contributed by atoms with E-state index in [9.17, 15) is 50.2 Å². The Hall–Kier alpha value is -6.29. The molecule has 28 heteroatoms. The van der Waals surface area contributed by atoms with E-state index in [1.165, 1.54) is 72.8 Å². The number of aromatic carboxylic acids is 1. The van der Waals surface area contributed by atoms with Crippen molar-refractivity contribution in [3.63, 3.8) is 0 Å². The number of anilines is 3. The standard InChI is InChI=1S/C40H27N3O20S5/c44-37(41-19-1-5-22(6-2-19)64-61-58-49)26-11-12-28(40(47)48)36-27(39(46)42-20-4-8-24-29(17-20)32(66-63-60-51)14-15-33(24)67(52,53)54)10-9-25(35(26)36)38(45)43-21-3-7-23-30(18-21)34(68(55,56)57)16-13-31(23)65-62-59-50/h1-18,49-51H,(H,41,44)(H,42,46)(H,43,45)(H,47,48)(H,52,53,54)(H,55,56,57). The van der Waals surface area contributed by atoms with Gasteiger partial charge >= 0.3 is 5.97 Å². The summed E-state index contributed by atoms with van der Waals surface area (Å²) in [6.45, 7) is 0. The third kappa shape index (κ3) is 10.9. The number of carbonyl (C=O) groups excluding carboxylic acids is 3. The first-order chi connectivity index (χ1) is 32.4. The second-order valence-corrected chi connectivity index (χ2v) is 18.6. The molecule has 352 valence electrons. The number of nitrogens with one attached hydrogen (secondary N) is 3. The number of amides is 3. The first-order valence-corrected chi connectivity index (χ1v) is 23.4. The molecule has 9 N–H and O–H groups in total. The molecular weight excluding hydrogens is 1000 g/mol. The molecule has 7 aromatic rings. The molecular formula is C40H27N3O20S5. The lowest BCUT2D eigenvalue weighted by Crippen LogP contribution is -2.20. The van der Waals surface area contributed by atoms with Crippen LogP contribution in [-0.4, -0.2) is 70.5 Å². The van der Waals surface area contributed by atoms with Crippen LogP contribution in [0.4, 0.5) is 17.1 Å². The van der Waals surface area contributed by atoms with Gasteiger partial charge in [0, 0.05) is 75.4 Å². The molecule has 0 aliphatic rings. The summed E-state index contributed by atoms with van der Waals surface area (Å²) >= 11 is 1.55. The van der Waals surface area contributed by atoms with E-state index in [0.717, 1.165) is 36.4 Å². The predicted octanol–water partition coefficient (Wildman–Crippen LogP) is 8.38. The van der Waals surface area contributed by atoms with E-state index in [2.05, 4.69) is 44.1 Å². The summed E-state index contributed by atoms with van der Waals surface area (Å²) in [7, 11) is -9.66. The Labute approximate surface area is 393 Å². The van der Waals surface area contributed by atoms with Gasteiger partial charge in [-0.25, -0.2) is 20.6 Å². The summed E-state index contributed by atoms with van der Waals surface area (Å²) in [5.41, 5.74) is -1.57. The first kappa shape index (κ1) is 49.6. The van der Waals surface area contributed by atoms with Crippen molar-refractivity contribution < 1.29 is 94.1 Å². The smallest absolute Gasteiger partial charge is 0.336 e. The van der Waals surface area contributed by atoms with Crippen molar-refractivity contribution in [3.8, 4) is 0 Å². The largest absolute Gasteiger partial charge is 0.478 e. The van der Waals surface area contributed by atoms with Gasteiger partial charge in [-0.15, -0.1) is 13.0 Å². The highest BCUT2D eigenvalue weighted by Gasteiger charge is 2.27. The average molecular weight is 1030 g/mol. The molecule has 7 aromatic carbocycles. The maximum Gasteiger partial charge on any atom is 0.336 e. The van der Waals surface area contributed by atoms with Crippen LogP contribution in [0.15, 0.2) is 134 Å². The summed E-state index contributed by atoms with van der Waals surface area (Å²) in [5.74, 6) is -4.51. The zero-order valence-electron chi connectivity index (χ0n) is 33.3. The van der Waals surface area contributed by atoms with Crippen molar-refractivity contribution in [1.82, 2.24) is 0 Å². The second-order valence-electron chi connectivity index (χ2n) is 13.5. The van der Waals surface area contributed by atoms with Crippen LogP contribution in [0.2, 0.25) is 0 Å². The lowest BCUT2D eigenvalue weighted by atomic mass is 9.90. The SMILES string of the molecule is O=C(O)c1ccc(C(=O)Nc2ccc(SOOO)cc2)c2c(C(=O)Nc3ccc4c(SOOO)ccc(S(=O)(=O)O)c4c3)ccc(C(=O)Nc3ccc4c(S(=O)(=O)O)ccc(SOOO)c4c3)c12. The van der Waals surface area contributed by atoms with Crippen LogP contribution in [0.1, 0.15) is 41.4 Å². The quantitative estimate of drug-likeness (QED) is 0.0168. The Balaban J connectivity index is 1.37. The molecule has 3 amide bonds. The molecule has 0 aliphatic heterocycles. The minimum atomic E-state index is -4.87. The van der Waals surface area contributed by atoms with E-state index < -0.39 is 70.2 Å². The number of carboxylic acid groups (broad SMARTS) is 1. The Bertz CT molecular complexity index is 3400. The van der Waals surface area contributed by atoms with Crippen LogP contribution < -0.4 is 16.0 Å². The van der Waals surface area contributed by atoms with Crippen molar-refractivity contribution in [2.45, 2.75) is 24.5 Å². The van der Waals surface area contributed by atoms with Gasteiger partial charge in [0.15, 0.2) is 0 Å². The molecule has 68 heavy (non-hydrogen) atoms. The van der Waals surface area contributed by atoms with Gasteiger partial charge in [-0.2, -0.15) is 16.8 Å². The summed E-state index contributed by atoms with van der Waals surface area (Å²) in [6.07, 6.45) is 0. The van der Waals surface area contributed by atoms with Crippen LogP contribution >= 0.6 is 36.1 Å². The summed E-state index contributed by atoms with van der Waals surface area (Å²) in [5, 5.41) is 54.3. The molecule has 0 aromatic heterocycles. The maximum atomic E-state index is 14.4. The number of carboxylic acids is 1. The van der Waals surface area contributed by atoms with Crippen LogP contribution in [0, 0.1) is 0 Å². The minimum absolute atomic E-state index is 0.0300. The first-order valence-electron chi connectivity index (χ1n) is 18.3. The van der Waals surface area contributed by atoms with E-state index in [4.69, 9.17) is 15.8 Å². The molecule has 0 bridgehead atoms. The van der Waals surface area contributed by atoms with Gasteiger partial charge in [-0.1, -0.05) is 27.2 Å². The maximum absolute atomic E-state index is 14.4. The summed E-state index contributed by atoms with van der Waals surface area (Å²) in [4.78, 5) is 55.5. The van der Waals surface area contributed by atoms with E-state index in [1.54, 1.807) is 0 Å².